The van der Waals surface area contributed by atoms with Gasteiger partial charge in [0.1, 0.15) is 29.6 Å². The van der Waals surface area contributed by atoms with Crippen molar-refractivity contribution in [2.24, 2.45) is 5.92 Å². The van der Waals surface area contributed by atoms with Crippen molar-refractivity contribution in [1.82, 2.24) is 24.8 Å². The van der Waals surface area contributed by atoms with Gasteiger partial charge in [0, 0.05) is 49.4 Å². The van der Waals surface area contributed by atoms with Crippen LogP contribution < -0.4 is 15.5 Å². The maximum Gasteiger partial charge on any atom is 0.230 e. The molecule has 0 spiro atoms. The van der Waals surface area contributed by atoms with E-state index in [0.29, 0.717) is 18.2 Å². The van der Waals surface area contributed by atoms with Gasteiger partial charge < -0.3 is 20.1 Å². The van der Waals surface area contributed by atoms with Gasteiger partial charge in [0.2, 0.25) is 5.91 Å². The zero-order chi connectivity index (χ0) is 25.2. The number of nitrogens with one attached hydrogen (secondary N) is 2. The molecule has 1 aromatic carbocycles. The number of rotatable bonds is 8. The standard InChI is InChI=1S/C26H31ClFN7O/c1-16(2)13-29-7-10-35-14-22(18-3-4-21(28)20(27)11-18)32-25(35)17-5-8-34(9-6-17)26-19-12-23(36)33-24(19)30-15-31-26/h3-4,11,14-17,29H,5-10,12-13H2,1-2H3,(H,30,31,33,36). The molecule has 0 bridgehead atoms. The molecule has 0 atom stereocenters. The van der Waals surface area contributed by atoms with Crippen molar-refractivity contribution in [1.29, 1.82) is 0 Å². The Hall–Kier alpha value is -3.04. The highest BCUT2D eigenvalue weighted by Crippen LogP contribution is 2.35. The molecule has 0 unspecified atom stereocenters. The lowest BCUT2D eigenvalue weighted by atomic mass is 9.95. The molecule has 190 valence electrons. The average Bonchev–Trinajstić information content (AvgIpc) is 3.46. The molecule has 10 heteroatoms. The van der Waals surface area contributed by atoms with Crippen LogP contribution in [-0.2, 0) is 17.8 Å². The molecule has 0 radical (unpaired) electrons. The van der Waals surface area contributed by atoms with Gasteiger partial charge in [0.25, 0.3) is 0 Å². The lowest BCUT2D eigenvalue weighted by Crippen LogP contribution is -2.35. The second-order valence-electron chi connectivity index (χ2n) is 9.92. The van der Waals surface area contributed by atoms with Gasteiger partial charge in [-0.2, -0.15) is 0 Å². The van der Waals surface area contributed by atoms with Crippen LogP contribution in [-0.4, -0.2) is 51.6 Å². The van der Waals surface area contributed by atoms with E-state index in [9.17, 15) is 9.18 Å². The summed E-state index contributed by atoms with van der Waals surface area (Å²) in [6.45, 7) is 8.63. The minimum absolute atomic E-state index is 0.0387. The zero-order valence-corrected chi connectivity index (χ0v) is 21.4. The van der Waals surface area contributed by atoms with Gasteiger partial charge in [0.15, 0.2) is 0 Å². The monoisotopic (exact) mass is 511 g/mol. The number of fused-ring (bicyclic) bond motifs is 1. The fourth-order valence-corrected chi connectivity index (χ4v) is 5.13. The van der Waals surface area contributed by atoms with Crippen LogP contribution in [0.2, 0.25) is 5.02 Å². The van der Waals surface area contributed by atoms with E-state index in [4.69, 9.17) is 16.6 Å². The number of anilines is 2. The number of carbonyl (C=O) groups excluding carboxylic acids is 1. The van der Waals surface area contributed by atoms with Crippen molar-refractivity contribution in [2.75, 3.05) is 36.4 Å². The second-order valence-corrected chi connectivity index (χ2v) is 10.3. The van der Waals surface area contributed by atoms with Crippen molar-refractivity contribution in [3.8, 4) is 11.3 Å². The SMILES string of the molecule is CC(C)CNCCn1cc(-c2ccc(F)c(Cl)c2)nc1C1CCN(c2ncnc3c2CC(=O)N3)CC1. The average molecular weight is 512 g/mol. The molecule has 8 nitrogen and oxygen atoms in total. The molecule has 2 aliphatic heterocycles. The molecule has 2 aromatic heterocycles. The van der Waals surface area contributed by atoms with Crippen molar-refractivity contribution in [3.63, 3.8) is 0 Å². The molecule has 0 saturated carbocycles. The van der Waals surface area contributed by atoms with E-state index in [1.807, 2.05) is 0 Å². The Morgan fingerprint density at radius 2 is 2.06 bits per heavy atom. The van der Waals surface area contributed by atoms with Gasteiger partial charge >= 0.3 is 0 Å². The van der Waals surface area contributed by atoms with E-state index in [2.05, 4.69) is 50.1 Å². The largest absolute Gasteiger partial charge is 0.356 e. The quantitative estimate of drug-likeness (QED) is 0.439. The third-order valence-electron chi connectivity index (χ3n) is 6.78. The van der Waals surface area contributed by atoms with Crippen LogP contribution in [0.1, 0.15) is 44.0 Å². The Labute approximate surface area is 215 Å². The molecular weight excluding hydrogens is 481 g/mol. The van der Waals surface area contributed by atoms with Crippen LogP contribution in [0.15, 0.2) is 30.7 Å². The highest BCUT2D eigenvalue weighted by Gasteiger charge is 2.30. The summed E-state index contributed by atoms with van der Waals surface area (Å²) < 4.78 is 16.0. The molecule has 5 rings (SSSR count). The molecule has 1 amide bonds. The molecule has 1 fully saturated rings. The summed E-state index contributed by atoms with van der Waals surface area (Å²) in [4.78, 5) is 27.8. The fraction of sp³-hybridized carbons (Fsp3) is 0.462. The number of imidazole rings is 1. The number of halogens is 2. The van der Waals surface area contributed by atoms with Crippen LogP contribution in [0.3, 0.4) is 0 Å². The first-order valence-electron chi connectivity index (χ1n) is 12.5. The van der Waals surface area contributed by atoms with Gasteiger partial charge in [-0.15, -0.1) is 0 Å². The van der Waals surface area contributed by atoms with Crippen LogP contribution >= 0.6 is 11.6 Å². The predicted molar refractivity (Wildman–Crippen MR) is 139 cm³/mol. The summed E-state index contributed by atoms with van der Waals surface area (Å²) in [5.74, 6) is 2.91. The highest BCUT2D eigenvalue weighted by atomic mass is 35.5. The van der Waals surface area contributed by atoms with Crippen molar-refractivity contribution in [2.45, 2.75) is 45.6 Å². The van der Waals surface area contributed by atoms with Gasteiger partial charge in [-0.05, 0) is 43.5 Å². The number of aromatic nitrogens is 4. The van der Waals surface area contributed by atoms with Crippen molar-refractivity contribution in [3.05, 3.63) is 53.0 Å². The summed E-state index contributed by atoms with van der Waals surface area (Å²) in [5.41, 5.74) is 2.49. The van der Waals surface area contributed by atoms with Gasteiger partial charge in [-0.1, -0.05) is 25.4 Å². The first-order valence-corrected chi connectivity index (χ1v) is 12.9. The third kappa shape index (κ3) is 5.22. The summed E-state index contributed by atoms with van der Waals surface area (Å²) >= 11 is 6.05. The normalized spacial score (nSPS) is 16.0. The van der Waals surface area contributed by atoms with Crippen molar-refractivity contribution >= 4 is 29.1 Å². The summed E-state index contributed by atoms with van der Waals surface area (Å²) in [6.07, 6.45) is 5.73. The van der Waals surface area contributed by atoms with E-state index >= 15 is 0 Å². The Balaban J connectivity index is 1.34. The lowest BCUT2D eigenvalue weighted by Gasteiger charge is -2.33. The van der Waals surface area contributed by atoms with E-state index in [-0.39, 0.29) is 16.8 Å². The molecule has 3 aromatic rings. The number of nitrogens with zero attached hydrogens (tertiary/aromatic N) is 5. The minimum Gasteiger partial charge on any atom is -0.356 e. The van der Waals surface area contributed by atoms with Gasteiger partial charge in [-0.25, -0.2) is 19.3 Å². The zero-order valence-electron chi connectivity index (χ0n) is 20.6. The third-order valence-corrected chi connectivity index (χ3v) is 7.07. The molecule has 0 aliphatic carbocycles. The predicted octanol–water partition coefficient (Wildman–Crippen LogP) is 4.26. The number of carbonyl (C=O) groups is 1. The maximum atomic E-state index is 13.7. The van der Waals surface area contributed by atoms with Crippen LogP contribution in [0.5, 0.6) is 0 Å². The van der Waals surface area contributed by atoms with Gasteiger partial charge in [-0.3, -0.25) is 4.79 Å². The summed E-state index contributed by atoms with van der Waals surface area (Å²) in [6, 6.07) is 4.75. The summed E-state index contributed by atoms with van der Waals surface area (Å²) in [7, 11) is 0. The molecule has 2 aliphatic rings. The van der Waals surface area contributed by atoms with E-state index < -0.39 is 5.82 Å². The number of hydrogen-bond acceptors (Lipinski definition) is 6. The first kappa shape index (κ1) is 24.6. The molecule has 4 heterocycles. The van der Waals surface area contributed by atoms with E-state index in [1.54, 1.807) is 12.1 Å². The minimum atomic E-state index is -0.432. The molecular formula is C26H31ClFN7O. The summed E-state index contributed by atoms with van der Waals surface area (Å²) in [5, 5.41) is 6.41. The van der Waals surface area contributed by atoms with Crippen LogP contribution in [0.25, 0.3) is 11.3 Å². The molecule has 36 heavy (non-hydrogen) atoms. The smallest absolute Gasteiger partial charge is 0.230 e. The molecule has 1 saturated heterocycles. The van der Waals surface area contributed by atoms with E-state index in [0.717, 1.165) is 74.0 Å². The second kappa shape index (κ2) is 10.5. The fourth-order valence-electron chi connectivity index (χ4n) is 4.95. The number of hydrogen-bond donors (Lipinski definition) is 2. The Kier molecular flexibility index (Phi) is 7.20. The molecule has 2 N–H and O–H groups in total. The lowest BCUT2D eigenvalue weighted by molar-refractivity contribution is -0.115. The van der Waals surface area contributed by atoms with Crippen LogP contribution in [0.4, 0.5) is 16.0 Å². The van der Waals surface area contributed by atoms with Crippen molar-refractivity contribution < 1.29 is 9.18 Å². The van der Waals surface area contributed by atoms with E-state index in [1.165, 1.54) is 12.4 Å². The number of amides is 1. The van der Waals surface area contributed by atoms with Gasteiger partial charge in [0.05, 0.1) is 17.1 Å². The number of piperidine rings is 1. The maximum absolute atomic E-state index is 13.7. The Morgan fingerprint density at radius 1 is 1.25 bits per heavy atom. The Morgan fingerprint density at radius 3 is 2.81 bits per heavy atom. The highest BCUT2D eigenvalue weighted by molar-refractivity contribution is 6.31. The van der Waals surface area contributed by atoms with Crippen LogP contribution in [0, 0.1) is 11.7 Å². The first-order chi connectivity index (χ1) is 17.4. The Bertz CT molecular complexity index is 1250. The number of benzene rings is 1. The topological polar surface area (TPSA) is 88.0 Å².